The van der Waals surface area contributed by atoms with Crippen molar-refractivity contribution in [1.29, 1.82) is 5.26 Å². The zero-order valence-electron chi connectivity index (χ0n) is 12.5. The molecule has 0 atom stereocenters. The number of rotatable bonds is 5. The molecule has 110 valence electrons. The van der Waals surface area contributed by atoms with E-state index in [4.69, 9.17) is 5.26 Å². The summed E-state index contributed by atoms with van der Waals surface area (Å²) in [7, 11) is 0. The van der Waals surface area contributed by atoms with E-state index in [-0.39, 0.29) is 0 Å². The Morgan fingerprint density at radius 2 is 1.76 bits per heavy atom. The first kappa shape index (κ1) is 14.3. The number of likely N-dealkylation sites (tertiary alicyclic amines) is 1. The summed E-state index contributed by atoms with van der Waals surface area (Å²) in [5.74, 6) is 0. The van der Waals surface area contributed by atoms with Crippen LogP contribution in [-0.4, -0.2) is 36.6 Å². The van der Waals surface area contributed by atoms with Crippen molar-refractivity contribution in [1.82, 2.24) is 10.2 Å². The number of hydrogen-bond acceptors (Lipinski definition) is 3. The third kappa shape index (κ3) is 4.42. The molecule has 2 aliphatic rings. The smallest absolute Gasteiger partial charge is 0.0991 e. The number of piperidine rings is 1. The molecular formula is C18H23N3. The molecule has 3 rings (SSSR count). The van der Waals surface area contributed by atoms with Gasteiger partial charge in [0.15, 0.2) is 0 Å². The molecule has 1 N–H and O–H groups in total. The van der Waals surface area contributed by atoms with Gasteiger partial charge in [0, 0.05) is 18.6 Å². The zero-order valence-corrected chi connectivity index (χ0v) is 12.5. The average molecular weight is 281 g/mol. The Balaban J connectivity index is 1.40. The number of benzene rings is 1. The highest BCUT2D eigenvalue weighted by atomic mass is 15.1. The van der Waals surface area contributed by atoms with Gasteiger partial charge in [0.05, 0.1) is 11.6 Å². The van der Waals surface area contributed by atoms with Crippen LogP contribution in [-0.2, 0) is 0 Å². The third-order valence-corrected chi connectivity index (χ3v) is 4.35. The minimum absolute atomic E-state index is 0.720. The van der Waals surface area contributed by atoms with E-state index in [0.717, 1.165) is 24.2 Å². The van der Waals surface area contributed by atoms with Crippen LogP contribution in [0, 0.1) is 11.3 Å². The van der Waals surface area contributed by atoms with Crippen LogP contribution in [0.5, 0.6) is 0 Å². The second-order valence-electron chi connectivity index (χ2n) is 6.15. The Bertz CT molecular complexity index is 514. The van der Waals surface area contributed by atoms with Gasteiger partial charge < -0.3 is 5.32 Å². The van der Waals surface area contributed by atoms with E-state index in [2.05, 4.69) is 28.4 Å². The van der Waals surface area contributed by atoms with Crippen LogP contribution in [0.25, 0.3) is 6.08 Å². The molecule has 1 saturated carbocycles. The summed E-state index contributed by atoms with van der Waals surface area (Å²) in [5, 5.41) is 12.5. The SMILES string of the molecule is N#Cc1ccc(/C=C/CN2CCC(NC3CC3)CC2)cc1. The highest BCUT2D eigenvalue weighted by Crippen LogP contribution is 2.22. The molecule has 0 unspecified atom stereocenters. The standard InChI is InChI=1S/C18H23N3/c19-14-16-5-3-15(4-6-16)2-1-11-21-12-9-18(10-13-21)20-17-7-8-17/h1-6,17-18,20H,7-13H2/b2-1+. The largest absolute Gasteiger partial charge is 0.311 e. The van der Waals surface area contributed by atoms with Crippen LogP contribution in [0.2, 0.25) is 0 Å². The normalized spacial score (nSPS) is 20.7. The molecule has 0 radical (unpaired) electrons. The molecule has 1 aromatic rings. The first-order valence-corrected chi connectivity index (χ1v) is 7.98. The van der Waals surface area contributed by atoms with Crippen molar-refractivity contribution < 1.29 is 0 Å². The molecule has 1 aromatic carbocycles. The Labute approximate surface area is 127 Å². The van der Waals surface area contributed by atoms with E-state index < -0.39 is 0 Å². The summed E-state index contributed by atoms with van der Waals surface area (Å²) in [6.07, 6.45) is 9.70. The van der Waals surface area contributed by atoms with E-state index in [1.54, 1.807) is 0 Å². The topological polar surface area (TPSA) is 39.1 Å². The van der Waals surface area contributed by atoms with Gasteiger partial charge in [0.2, 0.25) is 0 Å². The lowest BCUT2D eigenvalue weighted by molar-refractivity contribution is 0.214. The average Bonchev–Trinajstić information content (AvgIpc) is 3.34. The monoisotopic (exact) mass is 281 g/mol. The van der Waals surface area contributed by atoms with Crippen LogP contribution < -0.4 is 5.32 Å². The Kier molecular flexibility index (Phi) is 4.69. The van der Waals surface area contributed by atoms with Crippen molar-refractivity contribution in [2.75, 3.05) is 19.6 Å². The molecule has 0 aromatic heterocycles. The molecule has 3 heteroatoms. The first-order chi connectivity index (χ1) is 10.3. The fourth-order valence-electron chi connectivity index (χ4n) is 2.87. The summed E-state index contributed by atoms with van der Waals surface area (Å²) in [6, 6.07) is 11.5. The summed E-state index contributed by atoms with van der Waals surface area (Å²) in [6.45, 7) is 3.42. The Morgan fingerprint density at radius 3 is 2.38 bits per heavy atom. The van der Waals surface area contributed by atoms with Crippen molar-refractivity contribution >= 4 is 6.08 Å². The molecule has 1 heterocycles. The number of nitrogens with zero attached hydrogens (tertiary/aromatic N) is 2. The maximum absolute atomic E-state index is 8.77. The van der Waals surface area contributed by atoms with Gasteiger partial charge in [-0.15, -0.1) is 0 Å². The Morgan fingerprint density at radius 1 is 1.10 bits per heavy atom. The maximum Gasteiger partial charge on any atom is 0.0991 e. The Hall–Kier alpha value is -1.63. The van der Waals surface area contributed by atoms with Gasteiger partial charge in [0.25, 0.3) is 0 Å². The highest BCUT2D eigenvalue weighted by Gasteiger charge is 2.26. The van der Waals surface area contributed by atoms with Gasteiger partial charge in [-0.25, -0.2) is 0 Å². The number of hydrogen-bond donors (Lipinski definition) is 1. The van der Waals surface area contributed by atoms with Crippen LogP contribution >= 0.6 is 0 Å². The lowest BCUT2D eigenvalue weighted by Crippen LogP contribution is -2.43. The number of nitrogens with one attached hydrogen (secondary N) is 1. The predicted octanol–water partition coefficient (Wildman–Crippen LogP) is 2.79. The molecule has 0 amide bonds. The van der Waals surface area contributed by atoms with Crippen LogP contribution in [0.4, 0.5) is 0 Å². The van der Waals surface area contributed by atoms with Gasteiger partial charge >= 0.3 is 0 Å². The van der Waals surface area contributed by atoms with Gasteiger partial charge in [-0.2, -0.15) is 5.26 Å². The van der Waals surface area contributed by atoms with Gasteiger partial charge in [-0.3, -0.25) is 4.90 Å². The summed E-state index contributed by atoms with van der Waals surface area (Å²) >= 11 is 0. The molecule has 3 nitrogen and oxygen atoms in total. The van der Waals surface area contributed by atoms with Gasteiger partial charge in [0.1, 0.15) is 0 Å². The second kappa shape index (κ2) is 6.89. The van der Waals surface area contributed by atoms with Gasteiger partial charge in [-0.05, 0) is 56.5 Å². The minimum atomic E-state index is 0.720. The zero-order chi connectivity index (χ0) is 14.5. The molecule has 1 saturated heterocycles. The van der Waals surface area contributed by atoms with Crippen LogP contribution in [0.3, 0.4) is 0 Å². The lowest BCUT2D eigenvalue weighted by atomic mass is 10.0. The second-order valence-corrected chi connectivity index (χ2v) is 6.15. The van der Waals surface area contributed by atoms with Crippen LogP contribution in [0.15, 0.2) is 30.3 Å². The van der Waals surface area contributed by atoms with Crippen molar-refractivity contribution in [2.45, 2.75) is 37.8 Å². The van der Waals surface area contributed by atoms with Crippen LogP contribution in [0.1, 0.15) is 36.8 Å². The highest BCUT2D eigenvalue weighted by molar-refractivity contribution is 5.51. The minimum Gasteiger partial charge on any atom is -0.311 e. The molecule has 2 fully saturated rings. The third-order valence-electron chi connectivity index (χ3n) is 4.35. The van der Waals surface area contributed by atoms with E-state index in [0.29, 0.717) is 0 Å². The summed E-state index contributed by atoms with van der Waals surface area (Å²) in [5.41, 5.74) is 1.89. The molecule has 0 spiro atoms. The fourth-order valence-corrected chi connectivity index (χ4v) is 2.87. The lowest BCUT2D eigenvalue weighted by Gasteiger charge is -2.31. The first-order valence-electron chi connectivity index (χ1n) is 7.98. The molecule has 21 heavy (non-hydrogen) atoms. The molecule has 1 aliphatic carbocycles. The number of nitriles is 1. The fraction of sp³-hybridized carbons (Fsp3) is 0.500. The van der Waals surface area contributed by atoms with E-state index in [1.165, 1.54) is 44.3 Å². The van der Waals surface area contributed by atoms with Gasteiger partial charge in [-0.1, -0.05) is 24.3 Å². The van der Waals surface area contributed by atoms with E-state index >= 15 is 0 Å². The summed E-state index contributed by atoms with van der Waals surface area (Å²) in [4.78, 5) is 2.52. The molecular weight excluding hydrogens is 258 g/mol. The van der Waals surface area contributed by atoms with Crippen molar-refractivity contribution in [3.8, 4) is 6.07 Å². The quantitative estimate of drug-likeness (QED) is 0.902. The molecule has 0 bridgehead atoms. The van der Waals surface area contributed by atoms with E-state index in [1.807, 2.05) is 24.3 Å². The molecule has 1 aliphatic heterocycles. The maximum atomic E-state index is 8.77. The predicted molar refractivity (Wildman–Crippen MR) is 85.8 cm³/mol. The van der Waals surface area contributed by atoms with Crippen molar-refractivity contribution in [3.05, 3.63) is 41.5 Å². The van der Waals surface area contributed by atoms with Crippen molar-refractivity contribution in [2.24, 2.45) is 0 Å². The van der Waals surface area contributed by atoms with E-state index in [9.17, 15) is 0 Å². The summed E-state index contributed by atoms with van der Waals surface area (Å²) < 4.78 is 0. The van der Waals surface area contributed by atoms with Crippen molar-refractivity contribution in [3.63, 3.8) is 0 Å².